The monoisotopic (exact) mass is 189 g/mol. The van der Waals surface area contributed by atoms with E-state index in [1.54, 1.807) is 0 Å². The normalized spacial score (nSPS) is 13.2. The molecule has 0 amide bonds. The van der Waals surface area contributed by atoms with Crippen LogP contribution in [-0.4, -0.2) is 11.0 Å². The second kappa shape index (κ2) is 4.87. The minimum absolute atomic E-state index is 0.0450. The minimum atomic E-state index is -0.567. The van der Waals surface area contributed by atoms with Crippen molar-refractivity contribution in [2.75, 3.05) is 0 Å². The number of nitriles is 1. The minimum Gasteiger partial charge on any atom is -0.409 e. The Morgan fingerprint density at radius 1 is 1.50 bits per heavy atom. The molecule has 1 aromatic carbocycles. The molecule has 0 saturated heterocycles. The molecule has 0 fully saturated rings. The Labute approximate surface area is 82.3 Å². The summed E-state index contributed by atoms with van der Waals surface area (Å²) < 4.78 is 0. The van der Waals surface area contributed by atoms with Gasteiger partial charge >= 0.3 is 0 Å². The molecule has 0 aliphatic carbocycles. The van der Waals surface area contributed by atoms with E-state index in [1.165, 1.54) is 0 Å². The number of hydrogen-bond acceptors (Lipinski definition) is 3. The third-order valence-electron chi connectivity index (χ3n) is 1.91. The average Bonchev–Trinajstić information content (AvgIpc) is 2.26. The molecule has 0 radical (unpaired) electrons. The molecule has 0 aromatic heterocycles. The summed E-state index contributed by atoms with van der Waals surface area (Å²) in [5, 5.41) is 20.0. The molecule has 4 nitrogen and oxygen atoms in total. The molecule has 3 N–H and O–H groups in total. The van der Waals surface area contributed by atoms with Crippen LogP contribution >= 0.6 is 0 Å². The molecule has 14 heavy (non-hydrogen) atoms. The van der Waals surface area contributed by atoms with E-state index in [2.05, 4.69) is 5.16 Å². The van der Waals surface area contributed by atoms with E-state index in [0.717, 1.165) is 5.56 Å². The Bertz CT molecular complexity index is 353. The molecule has 0 saturated carbocycles. The lowest BCUT2D eigenvalue weighted by Crippen LogP contribution is -2.24. The lowest BCUT2D eigenvalue weighted by atomic mass is 10.00. The lowest BCUT2D eigenvalue weighted by Gasteiger charge is -2.06. The molecular weight excluding hydrogens is 178 g/mol. The van der Waals surface area contributed by atoms with Gasteiger partial charge in [0.1, 0.15) is 5.92 Å². The summed E-state index contributed by atoms with van der Waals surface area (Å²) >= 11 is 0. The SMILES string of the molecule is N#CC(Cc1ccccc1)/C(N)=N/O. The first-order valence-electron chi connectivity index (χ1n) is 4.19. The highest BCUT2D eigenvalue weighted by Gasteiger charge is 2.13. The maximum Gasteiger partial charge on any atom is 0.156 e. The van der Waals surface area contributed by atoms with Gasteiger partial charge in [-0.2, -0.15) is 5.26 Å². The number of benzene rings is 1. The Kier molecular flexibility index (Phi) is 3.50. The van der Waals surface area contributed by atoms with Crippen LogP contribution in [0.4, 0.5) is 0 Å². The molecule has 0 heterocycles. The molecular formula is C10H11N3O. The van der Waals surface area contributed by atoms with Crippen LogP contribution in [0.3, 0.4) is 0 Å². The zero-order valence-electron chi connectivity index (χ0n) is 7.59. The topological polar surface area (TPSA) is 82.4 Å². The quantitative estimate of drug-likeness (QED) is 0.323. The smallest absolute Gasteiger partial charge is 0.156 e. The summed E-state index contributed by atoms with van der Waals surface area (Å²) in [4.78, 5) is 0. The summed E-state index contributed by atoms with van der Waals surface area (Å²) in [5.74, 6) is -0.612. The second-order valence-corrected chi connectivity index (χ2v) is 2.90. The molecule has 1 unspecified atom stereocenters. The number of nitrogens with two attached hydrogens (primary N) is 1. The van der Waals surface area contributed by atoms with Crippen LogP contribution in [0, 0.1) is 17.2 Å². The molecule has 1 atom stereocenters. The molecule has 1 rings (SSSR count). The van der Waals surface area contributed by atoms with Gasteiger partial charge in [-0.3, -0.25) is 0 Å². The predicted molar refractivity (Wildman–Crippen MR) is 52.7 cm³/mol. The van der Waals surface area contributed by atoms with E-state index < -0.39 is 5.92 Å². The molecule has 0 bridgehead atoms. The first-order valence-corrected chi connectivity index (χ1v) is 4.19. The first-order chi connectivity index (χ1) is 6.77. The fraction of sp³-hybridized carbons (Fsp3) is 0.200. The van der Waals surface area contributed by atoms with Gasteiger partial charge in [0, 0.05) is 0 Å². The van der Waals surface area contributed by atoms with Crippen LogP contribution < -0.4 is 5.73 Å². The zero-order valence-corrected chi connectivity index (χ0v) is 7.59. The second-order valence-electron chi connectivity index (χ2n) is 2.90. The van der Waals surface area contributed by atoms with E-state index in [4.69, 9.17) is 16.2 Å². The fourth-order valence-corrected chi connectivity index (χ4v) is 1.14. The molecule has 1 aromatic rings. The van der Waals surface area contributed by atoms with Gasteiger partial charge in [-0.15, -0.1) is 0 Å². The number of hydrogen-bond donors (Lipinski definition) is 2. The third kappa shape index (κ3) is 2.49. The summed E-state index contributed by atoms with van der Waals surface area (Å²) in [7, 11) is 0. The molecule has 0 aliphatic rings. The largest absolute Gasteiger partial charge is 0.409 e. The van der Waals surface area contributed by atoms with Crippen LogP contribution in [0.5, 0.6) is 0 Å². The van der Waals surface area contributed by atoms with Gasteiger partial charge in [-0.05, 0) is 12.0 Å². The Balaban J connectivity index is 2.73. The average molecular weight is 189 g/mol. The third-order valence-corrected chi connectivity index (χ3v) is 1.91. The van der Waals surface area contributed by atoms with Crippen LogP contribution in [-0.2, 0) is 6.42 Å². The summed E-state index contributed by atoms with van der Waals surface area (Å²) in [6, 6.07) is 11.4. The van der Waals surface area contributed by atoms with Gasteiger partial charge < -0.3 is 10.9 Å². The maximum absolute atomic E-state index is 8.77. The lowest BCUT2D eigenvalue weighted by molar-refractivity contribution is 0.315. The fourth-order valence-electron chi connectivity index (χ4n) is 1.14. The predicted octanol–water partition coefficient (Wildman–Crippen LogP) is 1.12. The van der Waals surface area contributed by atoms with Crippen molar-refractivity contribution in [3.8, 4) is 6.07 Å². The van der Waals surface area contributed by atoms with Crippen LogP contribution in [0.1, 0.15) is 5.56 Å². The van der Waals surface area contributed by atoms with Crippen molar-refractivity contribution < 1.29 is 5.21 Å². The summed E-state index contributed by atoms with van der Waals surface area (Å²) in [6.07, 6.45) is 0.466. The highest BCUT2D eigenvalue weighted by Crippen LogP contribution is 2.07. The summed E-state index contributed by atoms with van der Waals surface area (Å²) in [5.41, 5.74) is 6.34. The zero-order chi connectivity index (χ0) is 10.4. The van der Waals surface area contributed by atoms with Gasteiger partial charge in [0.15, 0.2) is 5.84 Å². The van der Waals surface area contributed by atoms with Crippen molar-refractivity contribution in [1.82, 2.24) is 0 Å². The highest BCUT2D eigenvalue weighted by atomic mass is 16.4. The van der Waals surface area contributed by atoms with E-state index in [1.807, 2.05) is 36.4 Å². The van der Waals surface area contributed by atoms with Gasteiger partial charge in [0.25, 0.3) is 0 Å². The number of oxime groups is 1. The van der Waals surface area contributed by atoms with E-state index in [9.17, 15) is 0 Å². The van der Waals surface area contributed by atoms with Gasteiger partial charge in [0.2, 0.25) is 0 Å². The highest BCUT2D eigenvalue weighted by molar-refractivity contribution is 5.84. The van der Waals surface area contributed by atoms with Crippen molar-refractivity contribution in [1.29, 1.82) is 5.26 Å². The number of amidine groups is 1. The summed E-state index contributed by atoms with van der Waals surface area (Å²) in [6.45, 7) is 0. The number of rotatable bonds is 3. The van der Waals surface area contributed by atoms with Gasteiger partial charge in [0.05, 0.1) is 6.07 Å². The molecule has 72 valence electrons. The molecule has 0 aliphatic heterocycles. The maximum atomic E-state index is 8.77. The van der Waals surface area contributed by atoms with E-state index in [0.29, 0.717) is 6.42 Å². The van der Waals surface area contributed by atoms with Crippen LogP contribution in [0.25, 0.3) is 0 Å². The van der Waals surface area contributed by atoms with E-state index in [-0.39, 0.29) is 5.84 Å². The standard InChI is InChI=1S/C10H11N3O/c11-7-9(10(12)13-14)6-8-4-2-1-3-5-8/h1-5,9,14H,6H2,(H2,12,13). The number of nitrogens with zero attached hydrogens (tertiary/aromatic N) is 2. The van der Waals surface area contributed by atoms with Gasteiger partial charge in [-0.1, -0.05) is 35.5 Å². The van der Waals surface area contributed by atoms with Crippen LogP contribution in [0.15, 0.2) is 35.5 Å². The van der Waals surface area contributed by atoms with Crippen molar-refractivity contribution >= 4 is 5.84 Å². The van der Waals surface area contributed by atoms with Crippen LogP contribution in [0.2, 0.25) is 0 Å². The Morgan fingerprint density at radius 3 is 2.64 bits per heavy atom. The molecule has 0 spiro atoms. The Hall–Kier alpha value is -2.02. The first kappa shape index (κ1) is 10.1. The van der Waals surface area contributed by atoms with Crippen molar-refractivity contribution in [2.45, 2.75) is 6.42 Å². The molecule has 4 heteroatoms. The van der Waals surface area contributed by atoms with Crippen molar-refractivity contribution in [3.63, 3.8) is 0 Å². The Morgan fingerprint density at radius 2 is 2.14 bits per heavy atom. The van der Waals surface area contributed by atoms with Crippen molar-refractivity contribution in [3.05, 3.63) is 35.9 Å². The van der Waals surface area contributed by atoms with E-state index >= 15 is 0 Å². The van der Waals surface area contributed by atoms with Gasteiger partial charge in [-0.25, -0.2) is 0 Å². The van der Waals surface area contributed by atoms with Crippen molar-refractivity contribution in [2.24, 2.45) is 16.8 Å².